The van der Waals surface area contributed by atoms with Crippen LogP contribution in [0.15, 0.2) is 30.3 Å². The number of ether oxygens (including phenoxy) is 1. The number of carbonyl (C=O) groups is 2. The molecule has 0 N–H and O–H groups in total. The Morgan fingerprint density at radius 3 is 2.17 bits per heavy atom. The van der Waals surface area contributed by atoms with Gasteiger partial charge in [0.25, 0.3) is 0 Å². The average Bonchev–Trinajstić information content (AvgIpc) is 2.64. The summed E-state index contributed by atoms with van der Waals surface area (Å²) in [5, 5.41) is 0.356. The predicted octanol–water partition coefficient (Wildman–Crippen LogP) is 5.83. The molecule has 3 rings (SSSR count). The van der Waals surface area contributed by atoms with Crippen LogP contribution in [0, 0.1) is 12.7 Å². The molecule has 1 fully saturated rings. The summed E-state index contributed by atoms with van der Waals surface area (Å²) in [6.45, 7) is 10.3. The standard InChI is InChI=1S/C24H26ClFO3/c1-7-14-8-9-15(16-10-11-18(25)13(2)20(16)26)12-17(14)19-21(27)23(3,4)29-24(5,6)22(19)28/h8-12,19H,7H2,1-6H3. The van der Waals surface area contributed by atoms with Gasteiger partial charge in [-0.1, -0.05) is 30.7 Å². The normalized spacial score (nSPS) is 18.9. The molecule has 2 aromatic rings. The van der Waals surface area contributed by atoms with Gasteiger partial charge in [-0.05, 0) is 75.9 Å². The van der Waals surface area contributed by atoms with E-state index in [1.54, 1.807) is 52.8 Å². The Balaban J connectivity index is 2.22. The summed E-state index contributed by atoms with van der Waals surface area (Å²) >= 11 is 6.03. The van der Waals surface area contributed by atoms with Crippen LogP contribution in [0.4, 0.5) is 4.39 Å². The van der Waals surface area contributed by atoms with Crippen LogP contribution in [0.5, 0.6) is 0 Å². The Morgan fingerprint density at radius 1 is 1.03 bits per heavy atom. The minimum Gasteiger partial charge on any atom is -0.354 e. The number of carbonyl (C=O) groups excluding carboxylic acids is 2. The number of ketones is 2. The molecule has 0 spiro atoms. The Labute approximate surface area is 176 Å². The van der Waals surface area contributed by atoms with Gasteiger partial charge in [-0.15, -0.1) is 0 Å². The molecular formula is C24H26ClFO3. The van der Waals surface area contributed by atoms with Crippen molar-refractivity contribution in [2.45, 2.75) is 65.1 Å². The zero-order valence-electron chi connectivity index (χ0n) is 17.7. The second-order valence-corrected chi connectivity index (χ2v) is 8.99. The average molecular weight is 417 g/mol. The molecule has 0 saturated carbocycles. The van der Waals surface area contributed by atoms with Gasteiger partial charge >= 0.3 is 0 Å². The zero-order valence-corrected chi connectivity index (χ0v) is 18.4. The quantitative estimate of drug-likeness (QED) is 0.591. The van der Waals surface area contributed by atoms with Crippen molar-refractivity contribution < 1.29 is 18.7 Å². The van der Waals surface area contributed by atoms with Crippen molar-refractivity contribution in [2.24, 2.45) is 0 Å². The lowest BCUT2D eigenvalue weighted by molar-refractivity contribution is -0.184. The summed E-state index contributed by atoms with van der Waals surface area (Å²) in [6, 6.07) is 8.72. The van der Waals surface area contributed by atoms with Crippen LogP contribution in [0.3, 0.4) is 0 Å². The van der Waals surface area contributed by atoms with Gasteiger partial charge in [0, 0.05) is 16.1 Å². The van der Waals surface area contributed by atoms with Crippen molar-refractivity contribution in [3.63, 3.8) is 0 Å². The molecule has 1 aliphatic rings. The van der Waals surface area contributed by atoms with Crippen molar-refractivity contribution >= 4 is 23.2 Å². The highest BCUT2D eigenvalue weighted by Crippen LogP contribution is 2.41. The highest BCUT2D eigenvalue weighted by atomic mass is 35.5. The summed E-state index contributed by atoms with van der Waals surface area (Å²) < 4.78 is 20.7. The van der Waals surface area contributed by atoms with Crippen LogP contribution in [-0.2, 0) is 20.7 Å². The molecule has 0 atom stereocenters. The molecule has 1 heterocycles. The Hall–Kier alpha value is -2.04. The van der Waals surface area contributed by atoms with Gasteiger partial charge in [0.05, 0.1) is 0 Å². The smallest absolute Gasteiger partial charge is 0.179 e. The summed E-state index contributed by atoms with van der Waals surface area (Å²) in [5.74, 6) is -1.90. The molecule has 0 aromatic heterocycles. The third kappa shape index (κ3) is 3.64. The second kappa shape index (κ2) is 7.33. The van der Waals surface area contributed by atoms with Crippen molar-refractivity contribution in [1.82, 2.24) is 0 Å². The topological polar surface area (TPSA) is 43.4 Å². The third-order valence-electron chi connectivity index (χ3n) is 5.69. The molecule has 1 saturated heterocycles. The molecule has 1 aliphatic heterocycles. The highest BCUT2D eigenvalue weighted by Gasteiger charge is 2.53. The van der Waals surface area contributed by atoms with Gasteiger partial charge in [-0.3, -0.25) is 9.59 Å². The fraction of sp³-hybridized carbons (Fsp3) is 0.417. The second-order valence-electron chi connectivity index (χ2n) is 8.59. The van der Waals surface area contributed by atoms with Crippen molar-refractivity contribution in [1.29, 1.82) is 0 Å². The van der Waals surface area contributed by atoms with Crippen LogP contribution in [0.1, 0.15) is 57.2 Å². The lowest BCUT2D eigenvalue weighted by Gasteiger charge is -2.43. The molecule has 0 amide bonds. The fourth-order valence-electron chi connectivity index (χ4n) is 4.07. The molecule has 0 unspecified atom stereocenters. The van der Waals surface area contributed by atoms with E-state index in [2.05, 4.69) is 0 Å². The number of rotatable bonds is 3. The van der Waals surface area contributed by atoms with Crippen molar-refractivity contribution in [3.8, 4) is 11.1 Å². The van der Waals surface area contributed by atoms with Crippen LogP contribution < -0.4 is 0 Å². The van der Waals surface area contributed by atoms with Gasteiger partial charge in [-0.25, -0.2) is 4.39 Å². The summed E-state index contributed by atoms with van der Waals surface area (Å²) in [7, 11) is 0. The van der Waals surface area contributed by atoms with E-state index in [0.29, 0.717) is 33.7 Å². The van der Waals surface area contributed by atoms with E-state index < -0.39 is 22.9 Å². The molecule has 29 heavy (non-hydrogen) atoms. The Bertz CT molecular complexity index is 981. The fourth-order valence-corrected chi connectivity index (χ4v) is 4.22. The van der Waals surface area contributed by atoms with E-state index in [1.807, 2.05) is 19.1 Å². The van der Waals surface area contributed by atoms with E-state index in [-0.39, 0.29) is 11.6 Å². The lowest BCUT2D eigenvalue weighted by Crippen LogP contribution is -2.58. The number of benzene rings is 2. The van der Waals surface area contributed by atoms with Crippen LogP contribution >= 0.6 is 11.6 Å². The summed E-state index contributed by atoms with van der Waals surface area (Å²) in [6.07, 6.45) is 0.649. The van der Waals surface area contributed by atoms with Crippen molar-refractivity contribution in [3.05, 3.63) is 57.9 Å². The Morgan fingerprint density at radius 2 is 1.62 bits per heavy atom. The third-order valence-corrected chi connectivity index (χ3v) is 6.10. The zero-order chi connectivity index (χ0) is 21.7. The maximum Gasteiger partial charge on any atom is 0.179 e. The molecule has 154 valence electrons. The first-order chi connectivity index (χ1) is 13.4. The molecule has 0 aliphatic carbocycles. The molecular weight excluding hydrogens is 391 g/mol. The Kier molecular flexibility index (Phi) is 5.48. The number of hydrogen-bond acceptors (Lipinski definition) is 3. The maximum absolute atomic E-state index is 14.9. The molecule has 3 nitrogen and oxygen atoms in total. The van der Waals surface area contributed by atoms with Gasteiger partial charge in [0.15, 0.2) is 11.6 Å². The number of Topliss-reactive ketones (excluding diaryl/α,β-unsaturated/α-hetero) is 2. The van der Waals surface area contributed by atoms with Crippen LogP contribution in [-0.4, -0.2) is 22.8 Å². The lowest BCUT2D eigenvalue weighted by atomic mass is 9.73. The first-order valence-corrected chi connectivity index (χ1v) is 10.1. The minimum absolute atomic E-state index is 0.276. The van der Waals surface area contributed by atoms with E-state index in [1.165, 1.54) is 0 Å². The molecule has 5 heteroatoms. The highest BCUT2D eigenvalue weighted by molar-refractivity contribution is 6.31. The minimum atomic E-state index is -1.09. The van der Waals surface area contributed by atoms with Gasteiger partial charge in [0.2, 0.25) is 0 Å². The largest absolute Gasteiger partial charge is 0.354 e. The van der Waals surface area contributed by atoms with Gasteiger partial charge < -0.3 is 4.74 Å². The molecule has 0 radical (unpaired) electrons. The van der Waals surface area contributed by atoms with E-state index >= 15 is 0 Å². The SMILES string of the molecule is CCc1ccc(-c2ccc(Cl)c(C)c2F)cc1C1C(=O)C(C)(C)OC(C)(C)C1=O. The first kappa shape index (κ1) is 21.7. The molecule has 0 bridgehead atoms. The first-order valence-electron chi connectivity index (χ1n) is 9.77. The molecule has 2 aromatic carbocycles. The number of hydrogen-bond donors (Lipinski definition) is 0. The monoisotopic (exact) mass is 416 g/mol. The van der Waals surface area contributed by atoms with E-state index in [0.717, 1.165) is 5.56 Å². The number of halogens is 2. The van der Waals surface area contributed by atoms with Gasteiger partial charge in [-0.2, -0.15) is 0 Å². The predicted molar refractivity (Wildman–Crippen MR) is 113 cm³/mol. The van der Waals surface area contributed by atoms with Crippen LogP contribution in [0.2, 0.25) is 5.02 Å². The van der Waals surface area contributed by atoms with Crippen molar-refractivity contribution in [2.75, 3.05) is 0 Å². The van der Waals surface area contributed by atoms with Gasteiger partial charge in [0.1, 0.15) is 22.9 Å². The number of aryl methyl sites for hydroxylation is 1. The maximum atomic E-state index is 14.9. The van der Waals surface area contributed by atoms with E-state index in [4.69, 9.17) is 16.3 Å². The van der Waals surface area contributed by atoms with E-state index in [9.17, 15) is 14.0 Å². The van der Waals surface area contributed by atoms with Crippen LogP contribution in [0.25, 0.3) is 11.1 Å². The summed E-state index contributed by atoms with van der Waals surface area (Å²) in [4.78, 5) is 26.4. The summed E-state index contributed by atoms with van der Waals surface area (Å²) in [5.41, 5.74) is 0.692.